The largest absolute Gasteiger partial charge is 0.496 e. The van der Waals surface area contributed by atoms with Crippen LogP contribution in [0, 0.1) is 13.8 Å². The summed E-state index contributed by atoms with van der Waals surface area (Å²) in [5, 5.41) is 0. The molecule has 1 saturated heterocycles. The standard InChI is InChI=1S/C19H22BN3O2.C19H16N4.C6H6BrN/c1-13-7-6-8-16(22-13)17-21-11-15-10-9-14(12-23(15)17)20-24-18(2,3)19(4,5)25-20;1-13-4-2-7-18(22-13)19-21-11-17-9-8-15(12-23(17)19)14-5-3-6-16(20)10-14;7-5-2-1-3-6(8)4-5/h6-12H,1-5H3;2-12H,20H2,1H3;1-4H,8H2. The van der Waals surface area contributed by atoms with Gasteiger partial charge < -0.3 is 20.8 Å². The van der Waals surface area contributed by atoms with Gasteiger partial charge in [-0.15, -0.1) is 0 Å². The van der Waals surface area contributed by atoms with Crippen LogP contribution in [-0.2, 0) is 9.31 Å². The van der Waals surface area contributed by atoms with Crippen molar-refractivity contribution >= 4 is 50.9 Å². The molecule has 1 fully saturated rings. The van der Waals surface area contributed by atoms with Crippen molar-refractivity contribution in [1.82, 2.24) is 28.7 Å². The maximum atomic E-state index is 6.17. The average Bonchev–Trinajstić information content (AvgIpc) is 3.84. The number of aromatic nitrogens is 6. The number of nitrogen functional groups attached to an aromatic ring is 2. The molecular weight excluding hydrogens is 763 g/mol. The number of hydrogen-bond acceptors (Lipinski definition) is 8. The van der Waals surface area contributed by atoms with Gasteiger partial charge in [-0.3, -0.25) is 8.80 Å². The van der Waals surface area contributed by atoms with E-state index in [2.05, 4.69) is 92.4 Å². The Morgan fingerprint density at radius 1 is 0.589 bits per heavy atom. The Morgan fingerprint density at radius 3 is 1.62 bits per heavy atom. The van der Waals surface area contributed by atoms with Crippen molar-refractivity contribution in [2.75, 3.05) is 11.5 Å². The molecule has 0 bridgehead atoms. The Hall–Kier alpha value is -5.82. The van der Waals surface area contributed by atoms with Gasteiger partial charge in [0, 0.05) is 39.6 Å². The van der Waals surface area contributed by atoms with Crippen LogP contribution in [0.3, 0.4) is 0 Å². The van der Waals surface area contributed by atoms with Gasteiger partial charge in [-0.1, -0.05) is 58.4 Å². The number of nitrogens with two attached hydrogens (primary N) is 2. The van der Waals surface area contributed by atoms with Crippen LogP contribution in [-0.4, -0.2) is 47.1 Å². The van der Waals surface area contributed by atoms with Gasteiger partial charge in [0.1, 0.15) is 11.4 Å². The Morgan fingerprint density at radius 2 is 1.11 bits per heavy atom. The number of hydrogen-bond donors (Lipinski definition) is 2. The van der Waals surface area contributed by atoms with E-state index in [9.17, 15) is 0 Å². The van der Waals surface area contributed by atoms with Crippen molar-refractivity contribution in [2.45, 2.75) is 52.7 Å². The first-order chi connectivity index (χ1) is 26.8. The van der Waals surface area contributed by atoms with Crippen LogP contribution in [0.1, 0.15) is 39.1 Å². The van der Waals surface area contributed by atoms with Crippen LogP contribution < -0.4 is 16.9 Å². The third kappa shape index (κ3) is 8.37. The van der Waals surface area contributed by atoms with Crippen LogP contribution in [0.4, 0.5) is 11.4 Å². The number of pyridine rings is 4. The minimum absolute atomic E-state index is 0.359. The molecule has 282 valence electrons. The lowest BCUT2D eigenvalue weighted by Gasteiger charge is -2.32. The van der Waals surface area contributed by atoms with Gasteiger partial charge in [0.15, 0.2) is 11.6 Å². The predicted molar refractivity (Wildman–Crippen MR) is 230 cm³/mol. The number of imidazole rings is 2. The van der Waals surface area contributed by atoms with E-state index in [1.54, 1.807) is 0 Å². The molecule has 1 aliphatic rings. The quantitative estimate of drug-likeness (QED) is 0.133. The first-order valence-electron chi connectivity index (χ1n) is 18.3. The summed E-state index contributed by atoms with van der Waals surface area (Å²) in [6, 6.07) is 35.6. The molecule has 0 unspecified atom stereocenters. The molecule has 0 atom stereocenters. The minimum atomic E-state index is -0.393. The lowest BCUT2D eigenvalue weighted by Crippen LogP contribution is -2.41. The van der Waals surface area contributed by atoms with E-state index in [4.69, 9.17) is 20.8 Å². The average molecular weight is 808 g/mol. The fourth-order valence-electron chi connectivity index (χ4n) is 6.23. The fourth-order valence-corrected chi connectivity index (χ4v) is 6.64. The lowest BCUT2D eigenvalue weighted by atomic mass is 9.80. The highest BCUT2D eigenvalue weighted by atomic mass is 79.9. The van der Waals surface area contributed by atoms with Gasteiger partial charge in [-0.2, -0.15) is 0 Å². The van der Waals surface area contributed by atoms with Crippen LogP contribution in [0.25, 0.3) is 45.2 Å². The van der Waals surface area contributed by atoms with Gasteiger partial charge >= 0.3 is 7.12 Å². The monoisotopic (exact) mass is 806 g/mol. The zero-order valence-electron chi connectivity index (χ0n) is 32.3. The first-order valence-corrected chi connectivity index (χ1v) is 19.1. The molecule has 9 rings (SSSR count). The molecule has 0 aliphatic carbocycles. The van der Waals surface area contributed by atoms with Gasteiger partial charge in [0.05, 0.1) is 34.6 Å². The number of nitrogens with zero attached hydrogens (tertiary/aromatic N) is 6. The highest BCUT2D eigenvalue weighted by molar-refractivity contribution is 9.10. The Bertz CT molecular complexity index is 2620. The summed E-state index contributed by atoms with van der Waals surface area (Å²) >= 11 is 3.28. The molecule has 0 amide bonds. The van der Waals surface area contributed by atoms with Crippen molar-refractivity contribution in [3.05, 3.63) is 150 Å². The number of aryl methyl sites for hydroxylation is 2. The SMILES string of the molecule is Cc1cccc(-c2ncc3ccc(-c4cccc(N)c4)cn23)n1.Cc1cccc(-c2ncc3ccc(B4OC(C)(C)C(C)(C)O4)cn23)n1.Nc1cccc(Br)c1. The fraction of sp³-hybridized carbons (Fsp3) is 0.182. The summed E-state index contributed by atoms with van der Waals surface area (Å²) in [7, 11) is -0.393. The molecule has 7 heterocycles. The summed E-state index contributed by atoms with van der Waals surface area (Å²) in [5.41, 5.74) is 21.0. The van der Waals surface area contributed by atoms with Crippen LogP contribution in [0.15, 0.2) is 138 Å². The Kier molecular flexibility index (Phi) is 10.8. The highest BCUT2D eigenvalue weighted by Crippen LogP contribution is 2.36. The summed E-state index contributed by atoms with van der Waals surface area (Å²) in [4.78, 5) is 18.3. The van der Waals surface area contributed by atoms with E-state index in [1.807, 2.05) is 128 Å². The first kappa shape index (κ1) is 38.5. The van der Waals surface area contributed by atoms with Gasteiger partial charge in [0.2, 0.25) is 0 Å². The normalized spacial score (nSPS) is 14.2. The third-order valence-corrected chi connectivity index (χ3v) is 10.4. The van der Waals surface area contributed by atoms with Crippen molar-refractivity contribution in [2.24, 2.45) is 0 Å². The number of benzene rings is 2. The molecule has 2 aromatic carbocycles. The molecule has 4 N–H and O–H groups in total. The Labute approximate surface area is 335 Å². The van der Waals surface area contributed by atoms with Crippen molar-refractivity contribution in [3.63, 3.8) is 0 Å². The molecule has 0 spiro atoms. The summed E-state index contributed by atoms with van der Waals surface area (Å²) < 4.78 is 17.5. The minimum Gasteiger partial charge on any atom is -0.399 e. The van der Waals surface area contributed by atoms with Crippen LogP contribution >= 0.6 is 15.9 Å². The third-order valence-electron chi connectivity index (χ3n) is 9.91. The van der Waals surface area contributed by atoms with Crippen LogP contribution in [0.5, 0.6) is 0 Å². The van der Waals surface area contributed by atoms with E-state index in [0.717, 1.165) is 77.9 Å². The zero-order chi connectivity index (χ0) is 39.6. The van der Waals surface area contributed by atoms with Crippen molar-refractivity contribution in [3.8, 4) is 34.2 Å². The summed E-state index contributed by atoms with van der Waals surface area (Å²) in [6.07, 6.45) is 7.83. The summed E-state index contributed by atoms with van der Waals surface area (Å²) in [6.45, 7) is 12.2. The van der Waals surface area contributed by atoms with Gasteiger partial charge in [-0.25, -0.2) is 19.9 Å². The number of fused-ring (bicyclic) bond motifs is 2. The van der Waals surface area contributed by atoms with E-state index >= 15 is 0 Å². The lowest BCUT2D eigenvalue weighted by molar-refractivity contribution is 0.00578. The van der Waals surface area contributed by atoms with E-state index in [1.165, 1.54) is 0 Å². The number of halogens is 1. The van der Waals surface area contributed by atoms with Crippen molar-refractivity contribution in [1.29, 1.82) is 0 Å². The summed E-state index contributed by atoms with van der Waals surface area (Å²) in [5.74, 6) is 1.66. The molecule has 10 nitrogen and oxygen atoms in total. The van der Waals surface area contributed by atoms with Gasteiger partial charge in [-0.05, 0) is 125 Å². The van der Waals surface area contributed by atoms with Gasteiger partial charge in [0.25, 0.3) is 0 Å². The molecule has 0 radical (unpaired) electrons. The number of anilines is 2. The molecule has 0 saturated carbocycles. The predicted octanol–water partition coefficient (Wildman–Crippen LogP) is 8.99. The number of rotatable bonds is 4. The molecule has 6 aromatic heterocycles. The second-order valence-corrected chi connectivity index (χ2v) is 15.6. The molecule has 8 aromatic rings. The maximum absolute atomic E-state index is 6.17. The molecule has 1 aliphatic heterocycles. The van der Waals surface area contributed by atoms with E-state index in [0.29, 0.717) is 0 Å². The van der Waals surface area contributed by atoms with E-state index < -0.39 is 7.12 Å². The maximum Gasteiger partial charge on any atom is 0.496 e. The highest BCUT2D eigenvalue weighted by Gasteiger charge is 2.51. The van der Waals surface area contributed by atoms with Crippen molar-refractivity contribution < 1.29 is 9.31 Å². The second kappa shape index (κ2) is 15.7. The van der Waals surface area contributed by atoms with Crippen LogP contribution in [0.2, 0.25) is 0 Å². The van der Waals surface area contributed by atoms with E-state index in [-0.39, 0.29) is 11.2 Å². The molecule has 12 heteroatoms. The smallest absolute Gasteiger partial charge is 0.399 e. The molecular formula is C44H44BBrN8O2. The molecule has 56 heavy (non-hydrogen) atoms. The zero-order valence-corrected chi connectivity index (χ0v) is 33.9. The second-order valence-electron chi connectivity index (χ2n) is 14.7. The topological polar surface area (TPSA) is 131 Å². The Balaban J connectivity index is 0.000000144.